The summed E-state index contributed by atoms with van der Waals surface area (Å²) >= 11 is 0. The third-order valence-corrected chi connectivity index (χ3v) is 10.1. The van der Waals surface area contributed by atoms with Gasteiger partial charge in [0.15, 0.2) is 16.6 Å². The number of imidazole rings is 1. The van der Waals surface area contributed by atoms with Gasteiger partial charge in [0, 0.05) is 38.1 Å². The first-order valence-electron chi connectivity index (χ1n) is 16.6. The average molecular weight is 614 g/mol. The van der Waals surface area contributed by atoms with Gasteiger partial charge in [0.05, 0.1) is 7.05 Å². The van der Waals surface area contributed by atoms with E-state index in [4.69, 9.17) is 8.83 Å². The summed E-state index contributed by atoms with van der Waals surface area (Å²) in [6, 6.07) is 36.9. The van der Waals surface area contributed by atoms with Crippen molar-refractivity contribution in [1.82, 2.24) is 4.57 Å². The first-order chi connectivity index (χ1) is 22.8. The summed E-state index contributed by atoms with van der Waals surface area (Å²) in [5.74, 6) is 1.58. The second kappa shape index (κ2) is 10.1. The van der Waals surface area contributed by atoms with Crippen LogP contribution in [-0.2, 0) is 7.05 Å². The summed E-state index contributed by atoms with van der Waals surface area (Å²) in [5, 5.41) is 6.97. The lowest BCUT2D eigenvalue weighted by Crippen LogP contribution is -2.30. The van der Waals surface area contributed by atoms with Crippen molar-refractivity contribution in [2.24, 2.45) is 7.05 Å². The maximum Gasteiger partial charge on any atom is 0.299 e. The lowest BCUT2D eigenvalue weighted by atomic mass is 9.88. The van der Waals surface area contributed by atoms with E-state index in [-0.39, 0.29) is 11.8 Å². The van der Waals surface area contributed by atoms with Gasteiger partial charge in [-0.1, -0.05) is 100 Å². The second-order valence-electron chi connectivity index (χ2n) is 13.6. The first-order valence-corrected chi connectivity index (χ1v) is 16.6. The fourth-order valence-electron chi connectivity index (χ4n) is 7.94. The third kappa shape index (κ3) is 3.85. The monoisotopic (exact) mass is 613 g/mol. The van der Waals surface area contributed by atoms with Gasteiger partial charge in [-0.3, -0.25) is 0 Å². The predicted molar refractivity (Wildman–Crippen MR) is 195 cm³/mol. The molecule has 6 aromatic carbocycles. The molecule has 0 aliphatic carbocycles. The Morgan fingerprint density at radius 3 is 2.15 bits per heavy atom. The number of hydrogen-bond acceptors (Lipinski definition) is 2. The van der Waals surface area contributed by atoms with Crippen LogP contribution in [0.25, 0.3) is 82.8 Å². The molecule has 0 unspecified atom stereocenters. The summed E-state index contributed by atoms with van der Waals surface area (Å²) < 4.78 is 18.4. The SMILES string of the molecule is Cc1ccc2c(oc3ccccc32)c1-c1n(-c2c(C(C)C)cc3oc4c5ccccc5ccc4c3c2C(C)C)c2ccccc2[n+]1C. The second-order valence-corrected chi connectivity index (χ2v) is 13.6. The Morgan fingerprint density at radius 2 is 1.34 bits per heavy atom. The fraction of sp³-hybridized carbons (Fsp3) is 0.186. The standard InChI is InChI=1S/C43H37N2O2/c1-24(2)32-23-36-39(31-22-20-27-13-7-8-14-28(27)41(31)47-36)37(25(3)4)40(32)45-34-17-11-10-16-33(34)44(6)43(45)38-26(5)19-21-30-29-15-9-12-18-35(29)46-42(30)38/h7-25H,1-6H3/q+1. The molecule has 47 heavy (non-hydrogen) atoms. The van der Waals surface area contributed by atoms with E-state index in [2.05, 4.69) is 148 Å². The van der Waals surface area contributed by atoms with Crippen molar-refractivity contribution in [2.45, 2.75) is 46.5 Å². The molecule has 0 radical (unpaired) electrons. The van der Waals surface area contributed by atoms with Crippen molar-refractivity contribution in [3.63, 3.8) is 0 Å². The van der Waals surface area contributed by atoms with Gasteiger partial charge in [0.1, 0.15) is 28.0 Å². The maximum atomic E-state index is 6.83. The highest BCUT2D eigenvalue weighted by molar-refractivity contribution is 6.17. The minimum Gasteiger partial charge on any atom is -0.455 e. The van der Waals surface area contributed by atoms with Crippen LogP contribution < -0.4 is 4.57 Å². The number of fused-ring (bicyclic) bond motifs is 9. The molecule has 0 fully saturated rings. The predicted octanol–water partition coefficient (Wildman–Crippen LogP) is 11.6. The Labute approximate surface area is 273 Å². The van der Waals surface area contributed by atoms with Crippen LogP contribution in [0, 0.1) is 6.92 Å². The highest BCUT2D eigenvalue weighted by atomic mass is 16.3. The number of benzene rings is 6. The van der Waals surface area contributed by atoms with E-state index in [0.717, 1.165) is 55.3 Å². The number of aryl methyl sites for hydroxylation is 2. The summed E-state index contributed by atoms with van der Waals surface area (Å²) in [6.45, 7) is 11.4. The first kappa shape index (κ1) is 27.9. The molecule has 3 aromatic heterocycles. The van der Waals surface area contributed by atoms with Crippen LogP contribution in [-0.4, -0.2) is 4.57 Å². The largest absolute Gasteiger partial charge is 0.455 e. The van der Waals surface area contributed by atoms with E-state index in [9.17, 15) is 0 Å². The van der Waals surface area contributed by atoms with E-state index < -0.39 is 0 Å². The zero-order chi connectivity index (χ0) is 32.1. The minimum atomic E-state index is 0.223. The molecule has 3 heterocycles. The summed E-state index contributed by atoms with van der Waals surface area (Å²) in [7, 11) is 2.19. The zero-order valence-electron chi connectivity index (χ0n) is 27.7. The Hall–Kier alpha value is -5.35. The van der Waals surface area contributed by atoms with E-state index >= 15 is 0 Å². The topological polar surface area (TPSA) is 35.1 Å². The van der Waals surface area contributed by atoms with Gasteiger partial charge >= 0.3 is 0 Å². The molecule has 0 amide bonds. The molecule has 0 aliphatic rings. The Balaban J connectivity index is 1.50. The molecule has 0 N–H and O–H groups in total. The Morgan fingerprint density at radius 1 is 0.638 bits per heavy atom. The smallest absolute Gasteiger partial charge is 0.299 e. The van der Waals surface area contributed by atoms with Crippen molar-refractivity contribution in [1.29, 1.82) is 0 Å². The fourth-order valence-corrected chi connectivity index (χ4v) is 7.94. The lowest BCUT2D eigenvalue weighted by molar-refractivity contribution is -0.633. The highest BCUT2D eigenvalue weighted by Gasteiger charge is 2.35. The Bertz CT molecular complexity index is 2720. The quantitative estimate of drug-likeness (QED) is 0.185. The number of furan rings is 2. The number of nitrogens with zero attached hydrogens (tertiary/aromatic N) is 2. The van der Waals surface area contributed by atoms with Crippen molar-refractivity contribution in [2.75, 3.05) is 0 Å². The molecule has 0 saturated carbocycles. The van der Waals surface area contributed by atoms with Gasteiger partial charge < -0.3 is 8.83 Å². The van der Waals surface area contributed by atoms with Crippen molar-refractivity contribution in [3.8, 4) is 17.1 Å². The lowest BCUT2D eigenvalue weighted by Gasteiger charge is -2.20. The molecule has 0 saturated heterocycles. The zero-order valence-corrected chi connectivity index (χ0v) is 27.7. The van der Waals surface area contributed by atoms with Crippen molar-refractivity contribution < 1.29 is 13.4 Å². The molecule has 0 spiro atoms. The third-order valence-electron chi connectivity index (χ3n) is 10.1. The van der Waals surface area contributed by atoms with Gasteiger partial charge in [-0.25, -0.2) is 4.57 Å². The van der Waals surface area contributed by atoms with Crippen LogP contribution in [0.15, 0.2) is 112 Å². The Kier molecular flexibility index (Phi) is 5.98. The van der Waals surface area contributed by atoms with Gasteiger partial charge in [0.2, 0.25) is 0 Å². The molecule has 9 rings (SSSR count). The summed E-state index contributed by atoms with van der Waals surface area (Å²) in [5.41, 5.74) is 12.2. The molecule has 230 valence electrons. The van der Waals surface area contributed by atoms with Crippen molar-refractivity contribution >= 4 is 65.7 Å². The summed E-state index contributed by atoms with van der Waals surface area (Å²) in [6.07, 6.45) is 0. The number of aromatic nitrogens is 2. The number of hydrogen-bond donors (Lipinski definition) is 0. The molecule has 0 aliphatic heterocycles. The maximum absolute atomic E-state index is 6.83. The summed E-state index contributed by atoms with van der Waals surface area (Å²) in [4.78, 5) is 0. The molecule has 4 nitrogen and oxygen atoms in total. The van der Waals surface area contributed by atoms with Gasteiger partial charge in [-0.2, -0.15) is 4.57 Å². The van der Waals surface area contributed by atoms with E-state index in [0.29, 0.717) is 0 Å². The molecule has 0 atom stereocenters. The van der Waals surface area contributed by atoms with Gasteiger partial charge in [-0.05, 0) is 60.0 Å². The minimum absolute atomic E-state index is 0.223. The highest BCUT2D eigenvalue weighted by Crippen LogP contribution is 2.46. The molecule has 9 aromatic rings. The van der Waals surface area contributed by atoms with Crippen LogP contribution >= 0.6 is 0 Å². The number of rotatable bonds is 4. The van der Waals surface area contributed by atoms with Gasteiger partial charge in [-0.15, -0.1) is 0 Å². The van der Waals surface area contributed by atoms with Gasteiger partial charge in [0.25, 0.3) is 5.82 Å². The van der Waals surface area contributed by atoms with Crippen LogP contribution in [0.3, 0.4) is 0 Å². The van der Waals surface area contributed by atoms with E-state index in [1.54, 1.807) is 0 Å². The van der Waals surface area contributed by atoms with Crippen LogP contribution in [0.4, 0.5) is 0 Å². The molecule has 4 heteroatoms. The normalized spacial score (nSPS) is 12.4. The van der Waals surface area contributed by atoms with Crippen molar-refractivity contribution in [3.05, 3.63) is 120 Å². The average Bonchev–Trinajstić information content (AvgIpc) is 3.73. The van der Waals surface area contributed by atoms with Crippen LogP contribution in [0.1, 0.15) is 56.2 Å². The molecular formula is C43H37N2O2+. The number of para-hydroxylation sites is 3. The van der Waals surface area contributed by atoms with E-state index in [1.165, 1.54) is 44.2 Å². The van der Waals surface area contributed by atoms with Crippen LogP contribution in [0.2, 0.25) is 0 Å². The molecule has 0 bridgehead atoms. The van der Waals surface area contributed by atoms with Crippen LogP contribution in [0.5, 0.6) is 0 Å². The van der Waals surface area contributed by atoms with E-state index in [1.807, 2.05) is 6.07 Å². The molecular weight excluding hydrogens is 576 g/mol.